The Morgan fingerprint density at radius 2 is 2.04 bits per heavy atom. The van der Waals surface area contributed by atoms with Gasteiger partial charge in [0.15, 0.2) is 0 Å². The van der Waals surface area contributed by atoms with Crippen LogP contribution in [0.4, 0.5) is 0 Å². The van der Waals surface area contributed by atoms with E-state index in [2.05, 4.69) is 4.98 Å². The van der Waals surface area contributed by atoms with Gasteiger partial charge in [-0.25, -0.2) is 4.98 Å². The summed E-state index contributed by atoms with van der Waals surface area (Å²) < 4.78 is 0. The van der Waals surface area contributed by atoms with Crippen molar-refractivity contribution in [2.24, 2.45) is 5.73 Å². The van der Waals surface area contributed by atoms with Gasteiger partial charge in [0, 0.05) is 31.6 Å². The summed E-state index contributed by atoms with van der Waals surface area (Å²) in [6, 6.07) is 9.45. The lowest BCUT2D eigenvalue weighted by Crippen LogP contribution is -2.58. The summed E-state index contributed by atoms with van der Waals surface area (Å²) in [6.45, 7) is 2.12. The lowest BCUT2D eigenvalue weighted by atomic mass is 10.1. The fourth-order valence-electron chi connectivity index (χ4n) is 2.76. The van der Waals surface area contributed by atoms with Crippen molar-refractivity contribution in [3.63, 3.8) is 0 Å². The third kappa shape index (κ3) is 3.57. The normalized spacial score (nSPS) is 18.8. The van der Waals surface area contributed by atoms with Crippen LogP contribution in [-0.2, 0) is 11.3 Å². The first kappa shape index (κ1) is 15.6. The van der Waals surface area contributed by atoms with Gasteiger partial charge in [0.05, 0.1) is 5.51 Å². The molecule has 2 aromatic rings. The van der Waals surface area contributed by atoms with E-state index in [-0.39, 0.29) is 5.91 Å². The molecular weight excluding hydrogens is 312 g/mol. The number of rotatable bonds is 4. The second-order valence-electron chi connectivity index (χ2n) is 5.50. The molecule has 2 N–H and O–H groups in total. The standard InChI is InChI=1S/C16H18N4O2S/c17-15(21)14-9-20(16(22)13-10-23-11-18-13)7-6-19(14)8-12-4-2-1-3-5-12/h1-5,10-11,14H,6-9H2,(H2,17,21). The van der Waals surface area contributed by atoms with Crippen molar-refractivity contribution in [3.05, 3.63) is 52.5 Å². The highest BCUT2D eigenvalue weighted by Gasteiger charge is 2.33. The average molecular weight is 330 g/mol. The van der Waals surface area contributed by atoms with Gasteiger partial charge in [0.2, 0.25) is 5.91 Å². The zero-order valence-corrected chi connectivity index (χ0v) is 13.4. The number of hydrogen-bond donors (Lipinski definition) is 1. The van der Waals surface area contributed by atoms with E-state index in [0.29, 0.717) is 31.9 Å². The van der Waals surface area contributed by atoms with Gasteiger partial charge >= 0.3 is 0 Å². The summed E-state index contributed by atoms with van der Waals surface area (Å²) in [4.78, 5) is 32.0. The van der Waals surface area contributed by atoms with E-state index in [1.165, 1.54) is 11.3 Å². The third-order valence-electron chi connectivity index (χ3n) is 3.99. The molecule has 2 amide bonds. The summed E-state index contributed by atoms with van der Waals surface area (Å²) in [5, 5.41) is 1.72. The molecule has 1 aromatic carbocycles. The number of piperazine rings is 1. The molecule has 7 heteroatoms. The van der Waals surface area contributed by atoms with Crippen LogP contribution in [0.25, 0.3) is 0 Å². The van der Waals surface area contributed by atoms with E-state index < -0.39 is 11.9 Å². The molecule has 1 aliphatic rings. The molecule has 23 heavy (non-hydrogen) atoms. The molecule has 1 aromatic heterocycles. The monoisotopic (exact) mass is 330 g/mol. The number of thiazole rings is 1. The average Bonchev–Trinajstić information content (AvgIpc) is 3.10. The van der Waals surface area contributed by atoms with Gasteiger partial charge in [-0.2, -0.15) is 0 Å². The first-order valence-corrected chi connectivity index (χ1v) is 8.34. The molecule has 1 saturated heterocycles. The molecule has 1 unspecified atom stereocenters. The summed E-state index contributed by atoms with van der Waals surface area (Å²) in [7, 11) is 0. The van der Waals surface area contributed by atoms with Gasteiger partial charge in [-0.3, -0.25) is 14.5 Å². The van der Waals surface area contributed by atoms with Gasteiger partial charge in [-0.15, -0.1) is 11.3 Å². The molecule has 120 valence electrons. The minimum atomic E-state index is -0.480. The second-order valence-corrected chi connectivity index (χ2v) is 6.22. The van der Waals surface area contributed by atoms with Gasteiger partial charge in [-0.05, 0) is 5.56 Å². The number of carbonyl (C=O) groups is 2. The number of hydrogen-bond acceptors (Lipinski definition) is 5. The highest BCUT2D eigenvalue weighted by atomic mass is 32.1. The van der Waals surface area contributed by atoms with Gasteiger partial charge in [0.25, 0.3) is 5.91 Å². The quantitative estimate of drug-likeness (QED) is 0.905. The Bertz CT molecular complexity index is 675. The molecule has 0 spiro atoms. The summed E-state index contributed by atoms with van der Waals surface area (Å²) >= 11 is 1.38. The molecule has 1 fully saturated rings. The largest absolute Gasteiger partial charge is 0.368 e. The zero-order chi connectivity index (χ0) is 16.2. The van der Waals surface area contributed by atoms with Crippen molar-refractivity contribution >= 4 is 23.2 Å². The Labute approximate surface area is 138 Å². The van der Waals surface area contributed by atoms with Gasteiger partial charge < -0.3 is 10.6 Å². The Morgan fingerprint density at radius 3 is 2.70 bits per heavy atom. The minimum absolute atomic E-state index is 0.142. The molecule has 3 rings (SSSR count). The highest BCUT2D eigenvalue weighted by molar-refractivity contribution is 7.07. The predicted octanol–water partition coefficient (Wildman–Crippen LogP) is 0.955. The number of benzene rings is 1. The van der Waals surface area contributed by atoms with Gasteiger partial charge in [0.1, 0.15) is 11.7 Å². The fourth-order valence-corrected chi connectivity index (χ4v) is 3.29. The Morgan fingerprint density at radius 1 is 1.26 bits per heavy atom. The summed E-state index contributed by atoms with van der Waals surface area (Å²) in [6.07, 6.45) is 0. The van der Waals surface area contributed by atoms with Crippen LogP contribution in [0, 0.1) is 0 Å². The number of nitrogens with zero attached hydrogens (tertiary/aromatic N) is 3. The maximum absolute atomic E-state index is 12.4. The summed E-state index contributed by atoms with van der Waals surface area (Å²) in [5.41, 5.74) is 8.74. The van der Waals surface area contributed by atoms with Crippen LogP contribution in [0.15, 0.2) is 41.2 Å². The van der Waals surface area contributed by atoms with E-state index in [1.54, 1.807) is 15.8 Å². The maximum atomic E-state index is 12.4. The van der Waals surface area contributed by atoms with E-state index in [1.807, 2.05) is 35.2 Å². The predicted molar refractivity (Wildman–Crippen MR) is 87.9 cm³/mol. The number of aromatic nitrogens is 1. The lowest BCUT2D eigenvalue weighted by molar-refractivity contribution is -0.125. The van der Waals surface area contributed by atoms with Crippen LogP contribution in [0.3, 0.4) is 0 Å². The molecular formula is C16H18N4O2S. The van der Waals surface area contributed by atoms with E-state index >= 15 is 0 Å². The van der Waals surface area contributed by atoms with Crippen molar-refractivity contribution in [1.82, 2.24) is 14.8 Å². The Kier molecular flexibility index (Phi) is 4.68. The van der Waals surface area contributed by atoms with E-state index in [4.69, 9.17) is 5.73 Å². The van der Waals surface area contributed by atoms with E-state index in [0.717, 1.165) is 5.56 Å². The van der Waals surface area contributed by atoms with Crippen molar-refractivity contribution in [1.29, 1.82) is 0 Å². The maximum Gasteiger partial charge on any atom is 0.273 e. The number of primary amides is 1. The number of nitrogens with two attached hydrogens (primary N) is 1. The molecule has 0 bridgehead atoms. The Balaban J connectivity index is 1.71. The topological polar surface area (TPSA) is 79.5 Å². The third-order valence-corrected chi connectivity index (χ3v) is 4.57. The smallest absolute Gasteiger partial charge is 0.273 e. The SMILES string of the molecule is NC(=O)C1CN(C(=O)c2cscn2)CCN1Cc1ccccc1. The van der Waals surface area contributed by atoms with Crippen molar-refractivity contribution in [2.45, 2.75) is 12.6 Å². The van der Waals surface area contributed by atoms with Crippen molar-refractivity contribution in [3.8, 4) is 0 Å². The molecule has 1 atom stereocenters. The molecule has 1 aliphatic heterocycles. The van der Waals surface area contributed by atoms with Crippen molar-refractivity contribution in [2.75, 3.05) is 19.6 Å². The molecule has 2 heterocycles. The highest BCUT2D eigenvalue weighted by Crippen LogP contribution is 2.16. The number of amides is 2. The van der Waals surface area contributed by atoms with Crippen molar-refractivity contribution < 1.29 is 9.59 Å². The number of carbonyl (C=O) groups excluding carboxylic acids is 2. The molecule has 6 nitrogen and oxygen atoms in total. The molecule has 0 radical (unpaired) electrons. The second kappa shape index (κ2) is 6.89. The fraction of sp³-hybridized carbons (Fsp3) is 0.312. The van der Waals surface area contributed by atoms with Crippen LogP contribution in [0.5, 0.6) is 0 Å². The van der Waals surface area contributed by atoms with E-state index in [9.17, 15) is 9.59 Å². The molecule has 0 aliphatic carbocycles. The van der Waals surface area contributed by atoms with Crippen LogP contribution in [0.1, 0.15) is 16.1 Å². The van der Waals surface area contributed by atoms with Crippen LogP contribution >= 0.6 is 11.3 Å². The summed E-state index contributed by atoms with van der Waals surface area (Å²) in [5.74, 6) is -0.548. The minimum Gasteiger partial charge on any atom is -0.368 e. The zero-order valence-electron chi connectivity index (χ0n) is 12.6. The van der Waals surface area contributed by atoms with Crippen LogP contribution < -0.4 is 5.73 Å². The first-order chi connectivity index (χ1) is 11.1. The van der Waals surface area contributed by atoms with Crippen LogP contribution in [-0.4, -0.2) is 52.3 Å². The van der Waals surface area contributed by atoms with Gasteiger partial charge in [-0.1, -0.05) is 30.3 Å². The van der Waals surface area contributed by atoms with Crippen LogP contribution in [0.2, 0.25) is 0 Å². The molecule has 0 saturated carbocycles. The Hall–Kier alpha value is -2.25. The lowest BCUT2D eigenvalue weighted by Gasteiger charge is -2.39. The first-order valence-electron chi connectivity index (χ1n) is 7.40.